The Bertz CT molecular complexity index is 2330. The number of rotatable bonds is 12. The van der Waals surface area contributed by atoms with Crippen LogP contribution in [0.25, 0.3) is 11.3 Å². The molecule has 4 aliphatic heterocycles. The fourth-order valence-corrected chi connectivity index (χ4v) is 8.53. The van der Waals surface area contributed by atoms with Crippen molar-refractivity contribution >= 4 is 46.9 Å². The summed E-state index contributed by atoms with van der Waals surface area (Å²) in [4.78, 5) is 66.9. The highest BCUT2D eigenvalue weighted by atomic mass is 19.1. The van der Waals surface area contributed by atoms with Crippen LogP contribution in [0.5, 0.6) is 5.75 Å². The van der Waals surface area contributed by atoms with E-state index in [1.54, 1.807) is 56.0 Å². The summed E-state index contributed by atoms with van der Waals surface area (Å²) in [5, 5.41) is 10.6. The summed E-state index contributed by atoms with van der Waals surface area (Å²) in [6, 6.07) is 10.6. The number of pyridine rings is 1. The van der Waals surface area contributed by atoms with E-state index in [9.17, 15) is 23.6 Å². The molecular weight excluding hydrogens is 770 g/mol. The Balaban J connectivity index is 0.795. The number of hydrogen-bond acceptors (Lipinski definition) is 13. The molecule has 0 aliphatic carbocycles. The molecule has 2 aromatic heterocycles. The van der Waals surface area contributed by atoms with Gasteiger partial charge in [-0.2, -0.15) is 15.0 Å². The van der Waals surface area contributed by atoms with Gasteiger partial charge in [-0.15, -0.1) is 0 Å². The van der Waals surface area contributed by atoms with Gasteiger partial charge >= 0.3 is 0 Å². The topological polar surface area (TPSA) is 207 Å². The minimum atomic E-state index is -0.976. The van der Waals surface area contributed by atoms with Gasteiger partial charge in [-0.3, -0.25) is 34.4 Å². The maximum atomic E-state index is 14.3. The Morgan fingerprint density at radius 3 is 2.45 bits per heavy atom. The Hall–Kier alpha value is -6.49. The summed E-state index contributed by atoms with van der Waals surface area (Å²) in [5.41, 5.74) is 16.3. The van der Waals surface area contributed by atoms with Crippen LogP contribution in [0.15, 0.2) is 72.2 Å². The molecule has 2 unspecified atom stereocenters. The number of imide groups is 2. The largest absolute Gasteiger partial charge is 0.482 e. The molecule has 16 nitrogen and oxygen atoms in total. The van der Waals surface area contributed by atoms with Crippen molar-refractivity contribution in [1.82, 2.24) is 35.1 Å². The van der Waals surface area contributed by atoms with Gasteiger partial charge in [0, 0.05) is 73.6 Å². The quantitative estimate of drug-likeness (QED) is 0.137. The third-order valence-corrected chi connectivity index (χ3v) is 12.0. The molecule has 0 bridgehead atoms. The highest BCUT2D eigenvalue weighted by Gasteiger charge is 2.45. The number of hydrogen-bond donors (Lipinski definition) is 3. The molecule has 2 atom stereocenters. The van der Waals surface area contributed by atoms with E-state index in [4.69, 9.17) is 21.2 Å². The highest BCUT2D eigenvalue weighted by Crippen LogP contribution is 2.34. The molecule has 3 fully saturated rings. The van der Waals surface area contributed by atoms with E-state index in [0.717, 1.165) is 75.4 Å². The number of halogens is 1. The number of nitrogens with zero attached hydrogens (tertiary/aromatic N) is 8. The molecule has 0 saturated carbocycles. The van der Waals surface area contributed by atoms with Gasteiger partial charge in [-0.05, 0) is 100 Å². The normalized spacial score (nSPS) is 20.2. The smallest absolute Gasteiger partial charge is 0.262 e. The zero-order chi connectivity index (χ0) is 41.9. The van der Waals surface area contributed by atoms with Crippen molar-refractivity contribution in [3.63, 3.8) is 0 Å². The van der Waals surface area contributed by atoms with E-state index in [0.29, 0.717) is 45.2 Å². The van der Waals surface area contributed by atoms with Gasteiger partial charge < -0.3 is 26.0 Å². The third-order valence-electron chi connectivity index (χ3n) is 12.0. The molecule has 0 spiro atoms. The first-order chi connectivity index (χ1) is 29.1. The number of nitrogens with two attached hydrogens (primary N) is 2. The number of anilines is 2. The fraction of sp³-hybridized carbons (Fsp3) is 0.395. The predicted octanol–water partition coefficient (Wildman–Crippen LogP) is 4.07. The molecule has 5 N–H and O–H groups in total. The minimum absolute atomic E-state index is 0.0884. The average Bonchev–Trinajstić information content (AvgIpc) is 3.88. The van der Waals surface area contributed by atoms with Crippen molar-refractivity contribution in [2.24, 2.45) is 16.6 Å². The first kappa shape index (κ1) is 40.3. The summed E-state index contributed by atoms with van der Waals surface area (Å²) >= 11 is 0. The number of fused-ring (bicyclic) bond motifs is 1. The van der Waals surface area contributed by atoms with Crippen LogP contribution < -0.4 is 26.4 Å². The lowest BCUT2D eigenvalue weighted by atomic mass is 9.92. The van der Waals surface area contributed by atoms with E-state index < -0.39 is 41.6 Å². The number of carbonyl (C=O) groups is 4. The number of nitrogen functional groups attached to an aromatic ring is 1. The SMILES string of the molecule is CC(Oc1cc(/C(C=NC2CCN(CCC3CCN(c4ccc5c(c4)C(=O)N(C4CCC(=O)NC4=O)C5=O)CC3)CC2)=C/N)cnc1N)c1cc(F)ccc1-n1nccn1. The second-order valence-electron chi connectivity index (χ2n) is 15.8. The number of piperidine rings is 3. The second kappa shape index (κ2) is 17.4. The van der Waals surface area contributed by atoms with Gasteiger partial charge in [-0.1, -0.05) is 0 Å². The van der Waals surface area contributed by atoms with Crippen LogP contribution in [-0.2, 0) is 9.59 Å². The van der Waals surface area contributed by atoms with Crippen molar-refractivity contribution in [1.29, 1.82) is 0 Å². The molecule has 4 aromatic rings. The Labute approximate surface area is 346 Å². The molecule has 312 valence electrons. The molecule has 8 rings (SSSR count). The molecule has 60 heavy (non-hydrogen) atoms. The second-order valence-corrected chi connectivity index (χ2v) is 15.8. The van der Waals surface area contributed by atoms with E-state index in [-0.39, 0.29) is 24.7 Å². The standard InChI is InChI=1S/C43H48FN11O5/c1-26(34-21-30(44)2-5-36(34)55-49-13-14-50-55)60-38-20-28(24-48-40(38)46)29(23-45)25-47-31-11-16-52(17-12-31)15-8-27-9-18-53(19-10-27)32-3-4-33-35(22-32)43(59)54(42(33)58)37-6-7-39(56)51-41(37)57/h2-5,13-14,20-27,31,37H,6-12,15-19,45H2,1H3,(H2,46,48)(H,51,56,57)/b29-23+,47-25?. The number of aliphatic imine (C=N–C) groups is 1. The van der Waals surface area contributed by atoms with E-state index in [2.05, 4.69) is 30.3 Å². The first-order valence-electron chi connectivity index (χ1n) is 20.4. The maximum absolute atomic E-state index is 14.3. The lowest BCUT2D eigenvalue weighted by molar-refractivity contribution is -0.136. The lowest BCUT2D eigenvalue weighted by Crippen LogP contribution is -2.54. The van der Waals surface area contributed by atoms with Crippen molar-refractivity contribution in [2.75, 3.05) is 43.4 Å². The van der Waals surface area contributed by atoms with Crippen LogP contribution in [-0.4, -0.2) is 104 Å². The van der Waals surface area contributed by atoms with Crippen LogP contribution in [0.1, 0.15) is 89.8 Å². The minimum Gasteiger partial charge on any atom is -0.482 e. The number of benzene rings is 2. The molecular formula is C43H48FN11O5. The van der Waals surface area contributed by atoms with E-state index >= 15 is 0 Å². The number of ether oxygens (including phenoxy) is 1. The van der Waals surface area contributed by atoms with Crippen molar-refractivity contribution in [3.05, 3.63) is 95.3 Å². The lowest BCUT2D eigenvalue weighted by Gasteiger charge is -2.36. The maximum Gasteiger partial charge on any atom is 0.262 e. The van der Waals surface area contributed by atoms with E-state index in [1.807, 2.05) is 6.07 Å². The molecule has 4 aliphatic rings. The summed E-state index contributed by atoms with van der Waals surface area (Å²) in [5.74, 6) is -1.30. The van der Waals surface area contributed by atoms with Crippen molar-refractivity contribution in [3.8, 4) is 11.4 Å². The number of likely N-dealkylation sites (tertiary alicyclic amines) is 1. The van der Waals surface area contributed by atoms with Gasteiger partial charge in [0.05, 0.1) is 35.2 Å². The molecule has 17 heteroatoms. The molecule has 6 heterocycles. The van der Waals surface area contributed by atoms with Crippen molar-refractivity contribution < 1.29 is 28.3 Å². The summed E-state index contributed by atoms with van der Waals surface area (Å²) < 4.78 is 20.5. The Kier molecular flexibility index (Phi) is 11.7. The third kappa shape index (κ3) is 8.48. The van der Waals surface area contributed by atoms with Crippen LogP contribution in [0.2, 0.25) is 0 Å². The van der Waals surface area contributed by atoms with Gasteiger partial charge in [-0.25, -0.2) is 9.37 Å². The fourth-order valence-electron chi connectivity index (χ4n) is 8.53. The molecule has 4 amide bonds. The van der Waals surface area contributed by atoms with Gasteiger partial charge in [0.2, 0.25) is 11.8 Å². The van der Waals surface area contributed by atoms with Gasteiger partial charge in [0.1, 0.15) is 18.0 Å². The number of allylic oxidation sites excluding steroid dienone is 1. The van der Waals surface area contributed by atoms with Gasteiger partial charge in [0.25, 0.3) is 11.8 Å². The van der Waals surface area contributed by atoms with Gasteiger partial charge in [0.15, 0.2) is 11.6 Å². The summed E-state index contributed by atoms with van der Waals surface area (Å²) in [6.07, 6.45) is 12.6. The Morgan fingerprint density at radius 2 is 1.72 bits per heavy atom. The highest BCUT2D eigenvalue weighted by molar-refractivity contribution is 6.23. The average molecular weight is 818 g/mol. The summed E-state index contributed by atoms with van der Waals surface area (Å²) in [6.45, 7) is 6.42. The number of nitrogens with one attached hydrogen (secondary N) is 1. The predicted molar refractivity (Wildman–Crippen MR) is 222 cm³/mol. The molecule has 3 saturated heterocycles. The van der Waals surface area contributed by atoms with Crippen LogP contribution in [0.3, 0.4) is 0 Å². The van der Waals surface area contributed by atoms with Crippen LogP contribution in [0.4, 0.5) is 15.9 Å². The first-order valence-corrected chi connectivity index (χ1v) is 20.4. The van der Waals surface area contributed by atoms with Crippen LogP contribution >= 0.6 is 0 Å². The van der Waals surface area contributed by atoms with E-state index in [1.165, 1.54) is 23.1 Å². The van der Waals surface area contributed by atoms with Crippen LogP contribution in [0, 0.1) is 11.7 Å². The molecule has 2 aromatic carbocycles. The number of aromatic nitrogens is 4. The zero-order valence-electron chi connectivity index (χ0n) is 33.4. The Morgan fingerprint density at radius 1 is 0.967 bits per heavy atom. The zero-order valence-corrected chi connectivity index (χ0v) is 33.4. The van der Waals surface area contributed by atoms with Crippen molar-refractivity contribution in [2.45, 2.75) is 70.1 Å². The number of carbonyl (C=O) groups excluding carboxylic acids is 4. The monoisotopic (exact) mass is 817 g/mol. The number of amides is 4. The molecule has 0 radical (unpaired) electrons. The summed E-state index contributed by atoms with van der Waals surface area (Å²) in [7, 11) is 0.